The molecule has 0 saturated carbocycles. The first-order chi connectivity index (χ1) is 11.7. The van der Waals surface area contributed by atoms with Gasteiger partial charge >= 0.3 is 0 Å². The van der Waals surface area contributed by atoms with E-state index in [1.165, 1.54) is 0 Å². The third-order valence-corrected chi connectivity index (χ3v) is 3.88. The first-order valence-electron chi connectivity index (χ1n) is 8.43. The number of rotatable bonds is 1. The number of amides is 1. The molecule has 0 aromatic carbocycles. The molecule has 3 N–H and O–H groups in total. The van der Waals surface area contributed by atoms with Crippen LogP contribution >= 0.6 is 0 Å². The van der Waals surface area contributed by atoms with E-state index in [1.807, 2.05) is 62.5 Å². The van der Waals surface area contributed by atoms with Crippen LogP contribution in [-0.2, 0) is 4.79 Å². The van der Waals surface area contributed by atoms with Crippen molar-refractivity contribution in [2.45, 2.75) is 38.6 Å². The number of nitrogens with one attached hydrogen (secondary N) is 1. The second kappa shape index (κ2) is 8.29. The van der Waals surface area contributed by atoms with E-state index in [9.17, 15) is 4.79 Å². The summed E-state index contributed by atoms with van der Waals surface area (Å²) < 4.78 is 0. The van der Waals surface area contributed by atoms with E-state index in [0.29, 0.717) is 24.4 Å². The van der Waals surface area contributed by atoms with Crippen molar-refractivity contribution < 1.29 is 4.79 Å². The van der Waals surface area contributed by atoms with E-state index in [4.69, 9.17) is 10.7 Å². The summed E-state index contributed by atoms with van der Waals surface area (Å²) >= 11 is 0. The minimum absolute atomic E-state index is 0.0557. The first kappa shape index (κ1) is 17.7. The molecule has 3 rings (SSSR count). The number of nitrogens with two attached hydrogens (primary N) is 1. The van der Waals surface area contributed by atoms with Gasteiger partial charge in [-0.3, -0.25) is 9.79 Å². The molecule has 0 aromatic rings. The molecular weight excluding hydrogens is 298 g/mol. The highest BCUT2D eigenvalue weighted by Gasteiger charge is 2.42. The van der Waals surface area contributed by atoms with Gasteiger partial charge in [-0.05, 0) is 18.6 Å². The van der Waals surface area contributed by atoms with Gasteiger partial charge in [0, 0.05) is 24.1 Å². The van der Waals surface area contributed by atoms with Crippen molar-refractivity contribution in [1.82, 2.24) is 5.32 Å². The van der Waals surface area contributed by atoms with Crippen molar-refractivity contribution in [3.05, 3.63) is 72.0 Å². The van der Waals surface area contributed by atoms with Crippen LogP contribution in [0.15, 0.2) is 77.0 Å². The maximum atomic E-state index is 12.5. The Bertz CT molecular complexity index is 690. The highest BCUT2D eigenvalue weighted by atomic mass is 16.2. The summed E-state index contributed by atoms with van der Waals surface area (Å²) in [5.41, 5.74) is 6.66. The standard InChI is InChI=1S/C18H19N3O.C2H6/c19-15-10-5-6-12-18(13-7-11-15)17(22)20-16(21-18)14-8-3-1-2-4-9-14;1-2/h1,3-11H,2,12-13,19H2,(H,20,21,22);1-2H3/b6-5+,11-7+,15-10+;. The number of hydrogen-bond acceptors (Lipinski definition) is 3. The first-order valence-corrected chi connectivity index (χ1v) is 8.43. The number of nitrogens with zero attached hydrogens (tertiary/aromatic N) is 1. The van der Waals surface area contributed by atoms with Crippen LogP contribution in [0.25, 0.3) is 0 Å². The lowest BCUT2D eigenvalue weighted by molar-refractivity contribution is -0.123. The maximum Gasteiger partial charge on any atom is 0.254 e. The Morgan fingerprint density at radius 1 is 1.04 bits per heavy atom. The van der Waals surface area contributed by atoms with Crippen LogP contribution in [0.5, 0.6) is 0 Å². The molecule has 24 heavy (non-hydrogen) atoms. The molecule has 0 radical (unpaired) electrons. The van der Waals surface area contributed by atoms with Crippen molar-refractivity contribution in [3.8, 4) is 0 Å². The average molecular weight is 323 g/mol. The maximum absolute atomic E-state index is 12.5. The van der Waals surface area contributed by atoms with E-state index < -0.39 is 5.54 Å². The van der Waals surface area contributed by atoms with Crippen LogP contribution < -0.4 is 11.1 Å². The van der Waals surface area contributed by atoms with Crippen molar-refractivity contribution >= 4 is 11.7 Å². The lowest BCUT2D eigenvalue weighted by Gasteiger charge is -2.19. The van der Waals surface area contributed by atoms with Crippen molar-refractivity contribution in [2.24, 2.45) is 10.7 Å². The van der Waals surface area contributed by atoms with Gasteiger partial charge in [-0.2, -0.15) is 0 Å². The molecule has 0 bridgehead atoms. The Labute approximate surface area is 143 Å². The Morgan fingerprint density at radius 2 is 1.79 bits per heavy atom. The molecule has 2 aliphatic carbocycles. The number of aliphatic imine (C=N–C) groups is 1. The van der Waals surface area contributed by atoms with E-state index in [-0.39, 0.29) is 5.91 Å². The van der Waals surface area contributed by atoms with Crippen LogP contribution in [0.3, 0.4) is 0 Å². The Hall–Kier alpha value is -2.62. The summed E-state index contributed by atoms with van der Waals surface area (Å²) in [6.07, 6.45) is 21.5. The van der Waals surface area contributed by atoms with Gasteiger partial charge in [0.15, 0.2) is 0 Å². The summed E-state index contributed by atoms with van der Waals surface area (Å²) in [7, 11) is 0. The zero-order chi connectivity index (χ0) is 17.4. The van der Waals surface area contributed by atoms with Gasteiger partial charge in [-0.25, -0.2) is 0 Å². The molecule has 1 amide bonds. The van der Waals surface area contributed by atoms with Crippen molar-refractivity contribution in [1.29, 1.82) is 0 Å². The van der Waals surface area contributed by atoms with Gasteiger partial charge in [0.25, 0.3) is 5.91 Å². The smallest absolute Gasteiger partial charge is 0.254 e. The molecule has 126 valence electrons. The predicted molar refractivity (Wildman–Crippen MR) is 100 cm³/mol. The Morgan fingerprint density at radius 3 is 2.62 bits per heavy atom. The van der Waals surface area contributed by atoms with Gasteiger partial charge in [-0.1, -0.05) is 62.5 Å². The molecule has 1 spiro atoms. The lowest BCUT2D eigenvalue weighted by atomic mass is 9.91. The van der Waals surface area contributed by atoms with E-state index >= 15 is 0 Å². The fraction of sp³-hybridized carbons (Fsp3) is 0.300. The quantitative estimate of drug-likeness (QED) is 0.776. The normalized spacial score (nSPS) is 30.2. The van der Waals surface area contributed by atoms with Crippen molar-refractivity contribution in [3.63, 3.8) is 0 Å². The summed E-state index contributed by atoms with van der Waals surface area (Å²) in [6, 6.07) is 0. The lowest BCUT2D eigenvalue weighted by Crippen LogP contribution is -2.39. The molecular formula is C20H25N3O. The van der Waals surface area contributed by atoms with E-state index in [0.717, 1.165) is 12.0 Å². The number of hydrogen-bond donors (Lipinski definition) is 2. The molecule has 0 saturated heterocycles. The monoisotopic (exact) mass is 323 g/mol. The molecule has 0 fully saturated rings. The van der Waals surface area contributed by atoms with Crippen LogP contribution in [0.1, 0.15) is 33.1 Å². The van der Waals surface area contributed by atoms with Crippen LogP contribution in [0.4, 0.5) is 0 Å². The number of amidine groups is 1. The number of carbonyl (C=O) groups excluding carboxylic acids is 1. The third kappa shape index (κ3) is 4.02. The van der Waals surface area contributed by atoms with Gasteiger partial charge in [0.2, 0.25) is 0 Å². The highest BCUT2D eigenvalue weighted by Crippen LogP contribution is 2.29. The largest absolute Gasteiger partial charge is 0.399 e. The molecule has 4 nitrogen and oxygen atoms in total. The fourth-order valence-electron chi connectivity index (χ4n) is 2.64. The van der Waals surface area contributed by atoms with Crippen LogP contribution in [0.2, 0.25) is 0 Å². The predicted octanol–water partition coefficient (Wildman–Crippen LogP) is 3.47. The van der Waals surface area contributed by atoms with Crippen molar-refractivity contribution in [2.75, 3.05) is 0 Å². The molecule has 1 aliphatic heterocycles. The summed E-state index contributed by atoms with van der Waals surface area (Å²) in [5.74, 6) is 0.592. The van der Waals surface area contributed by atoms with E-state index in [1.54, 1.807) is 0 Å². The minimum Gasteiger partial charge on any atom is -0.399 e. The van der Waals surface area contributed by atoms with Gasteiger partial charge < -0.3 is 11.1 Å². The van der Waals surface area contributed by atoms with Crippen LogP contribution in [-0.4, -0.2) is 17.3 Å². The average Bonchev–Trinajstić information content (AvgIpc) is 2.77. The summed E-state index contributed by atoms with van der Waals surface area (Å²) in [5, 5.41) is 2.93. The minimum atomic E-state index is -0.772. The molecule has 4 heteroatoms. The zero-order valence-corrected chi connectivity index (χ0v) is 14.3. The molecule has 1 heterocycles. The van der Waals surface area contributed by atoms with Gasteiger partial charge in [-0.15, -0.1) is 0 Å². The number of allylic oxidation sites excluding steroid dienone is 7. The molecule has 0 aromatic heterocycles. The highest BCUT2D eigenvalue weighted by molar-refractivity contribution is 6.16. The summed E-state index contributed by atoms with van der Waals surface area (Å²) in [6.45, 7) is 4.00. The number of carbonyl (C=O) groups is 1. The zero-order valence-electron chi connectivity index (χ0n) is 14.3. The second-order valence-corrected chi connectivity index (χ2v) is 5.54. The van der Waals surface area contributed by atoms with E-state index in [2.05, 4.69) is 17.5 Å². The molecule has 1 atom stereocenters. The van der Waals surface area contributed by atoms with Gasteiger partial charge in [0.05, 0.1) is 0 Å². The van der Waals surface area contributed by atoms with Gasteiger partial charge in [0.1, 0.15) is 11.4 Å². The Balaban J connectivity index is 0.00000100. The second-order valence-electron chi connectivity index (χ2n) is 5.54. The molecule has 3 aliphatic rings. The van der Waals surface area contributed by atoms with Crippen LogP contribution in [0, 0.1) is 0 Å². The Kier molecular flexibility index (Phi) is 6.13. The SMILES string of the molecule is CC.NC1=C/C=C/CC2(C\C=C\1)N=C(C1=CC=CCC=C1)NC2=O. The summed E-state index contributed by atoms with van der Waals surface area (Å²) in [4.78, 5) is 17.3. The third-order valence-electron chi connectivity index (χ3n) is 3.88. The molecule has 1 unspecified atom stereocenters. The fourth-order valence-corrected chi connectivity index (χ4v) is 2.64. The topological polar surface area (TPSA) is 67.5 Å².